The fourth-order valence-corrected chi connectivity index (χ4v) is 4.10. The second-order valence-corrected chi connectivity index (χ2v) is 8.87. The Morgan fingerprint density at radius 2 is 1.97 bits per heavy atom. The Labute approximate surface area is 195 Å². The molecule has 2 aliphatic rings. The summed E-state index contributed by atoms with van der Waals surface area (Å²) in [5.41, 5.74) is 1.88. The molecule has 4 rings (SSSR count). The normalized spacial score (nSPS) is 20.9. The number of carboxylic acids is 1. The van der Waals surface area contributed by atoms with Crippen LogP contribution in [0.15, 0.2) is 48.7 Å². The second kappa shape index (κ2) is 9.58. The predicted octanol–water partition coefficient (Wildman–Crippen LogP) is 4.45. The van der Waals surface area contributed by atoms with E-state index in [9.17, 15) is 18.0 Å². The number of hydrogen-bond acceptors (Lipinski definition) is 5. The minimum atomic E-state index is -4.30. The number of halogens is 3. The average Bonchev–Trinajstić information content (AvgIpc) is 2.99. The van der Waals surface area contributed by atoms with Crippen LogP contribution in [0, 0.1) is 5.41 Å². The second-order valence-electron chi connectivity index (χ2n) is 8.87. The van der Waals surface area contributed by atoms with Crippen LogP contribution in [-0.4, -0.2) is 51.8 Å². The fourth-order valence-electron chi connectivity index (χ4n) is 4.10. The molecule has 34 heavy (non-hydrogen) atoms. The van der Waals surface area contributed by atoms with Crippen LogP contribution < -0.4 is 4.74 Å². The van der Waals surface area contributed by atoms with Crippen molar-refractivity contribution in [2.24, 2.45) is 5.41 Å². The summed E-state index contributed by atoms with van der Waals surface area (Å²) in [6, 6.07) is 7.51. The molecule has 2 aromatic rings. The van der Waals surface area contributed by atoms with Gasteiger partial charge in [-0.25, -0.2) is 14.8 Å². The van der Waals surface area contributed by atoms with Gasteiger partial charge in [0, 0.05) is 31.4 Å². The van der Waals surface area contributed by atoms with Gasteiger partial charge < -0.3 is 9.84 Å². The first-order valence-electron chi connectivity index (χ1n) is 11.1. The lowest BCUT2D eigenvalue weighted by Gasteiger charge is -2.30. The maximum absolute atomic E-state index is 13.3. The van der Waals surface area contributed by atoms with Crippen molar-refractivity contribution in [1.82, 2.24) is 14.9 Å². The van der Waals surface area contributed by atoms with Crippen molar-refractivity contribution in [2.45, 2.75) is 38.9 Å². The third-order valence-electron chi connectivity index (χ3n) is 6.32. The number of benzene rings is 1. The highest BCUT2D eigenvalue weighted by Gasteiger charge is 2.49. The Morgan fingerprint density at radius 3 is 2.65 bits per heavy atom. The van der Waals surface area contributed by atoms with Crippen molar-refractivity contribution in [3.63, 3.8) is 0 Å². The molecular weight excluding hydrogens is 447 g/mol. The molecule has 6 nitrogen and oxygen atoms in total. The van der Waals surface area contributed by atoms with E-state index in [2.05, 4.69) is 14.9 Å². The highest BCUT2D eigenvalue weighted by molar-refractivity contribution is 5.71. The lowest BCUT2D eigenvalue weighted by atomic mass is 9.81. The highest BCUT2D eigenvalue weighted by Crippen LogP contribution is 2.45. The molecule has 2 heterocycles. The van der Waals surface area contributed by atoms with Crippen LogP contribution in [0.25, 0.3) is 5.57 Å². The van der Waals surface area contributed by atoms with E-state index in [1.54, 1.807) is 18.3 Å². The van der Waals surface area contributed by atoms with Crippen LogP contribution in [-0.2, 0) is 24.2 Å². The minimum Gasteiger partial charge on any atom is -0.482 e. The standard InChI is InChI=1S/C25H26F3N3O3/c1-24(25(26,27)28)9-4-18(5-10-24)23-29-11-6-20(30-23)15-31-12-7-17-2-3-21(34-16-22(32)33)14-19(17)8-13-31/h2-6,9,11,14H,7-8,10,12-13,15-16H2,1H3,(H,32,33). The molecule has 1 aliphatic carbocycles. The Kier molecular flexibility index (Phi) is 6.74. The molecule has 180 valence electrons. The van der Waals surface area contributed by atoms with Gasteiger partial charge in [-0.15, -0.1) is 0 Å². The Morgan fingerprint density at radius 1 is 1.21 bits per heavy atom. The van der Waals surface area contributed by atoms with Crippen molar-refractivity contribution < 1.29 is 27.8 Å². The van der Waals surface area contributed by atoms with Gasteiger partial charge in [0.2, 0.25) is 0 Å². The number of alkyl halides is 3. The molecule has 1 aromatic heterocycles. The number of ether oxygens (including phenoxy) is 1. The van der Waals surface area contributed by atoms with E-state index in [4.69, 9.17) is 9.84 Å². The molecular formula is C25H26F3N3O3. The molecule has 0 spiro atoms. The van der Waals surface area contributed by atoms with Crippen molar-refractivity contribution in [1.29, 1.82) is 0 Å². The maximum atomic E-state index is 13.3. The summed E-state index contributed by atoms with van der Waals surface area (Å²) in [5.74, 6) is -0.0408. The van der Waals surface area contributed by atoms with Crippen LogP contribution in [0.5, 0.6) is 5.75 Å². The summed E-state index contributed by atoms with van der Waals surface area (Å²) in [4.78, 5) is 21.9. The SMILES string of the molecule is CC1(C(F)(F)F)C=CC(c2nccc(CN3CCc4ccc(OCC(=O)O)cc4CC3)n2)=CC1. The minimum absolute atomic E-state index is 0.140. The molecule has 0 saturated carbocycles. The van der Waals surface area contributed by atoms with E-state index in [-0.39, 0.29) is 13.0 Å². The molecule has 1 atom stereocenters. The molecule has 9 heteroatoms. The first kappa shape index (κ1) is 23.9. The molecule has 0 amide bonds. The number of allylic oxidation sites excluding steroid dienone is 4. The highest BCUT2D eigenvalue weighted by atomic mass is 19.4. The van der Waals surface area contributed by atoms with Gasteiger partial charge in [-0.05, 0) is 55.5 Å². The van der Waals surface area contributed by atoms with Gasteiger partial charge in [0.05, 0.1) is 11.1 Å². The van der Waals surface area contributed by atoms with E-state index in [1.165, 1.54) is 24.6 Å². The monoisotopic (exact) mass is 473 g/mol. The summed E-state index contributed by atoms with van der Waals surface area (Å²) in [7, 11) is 0. The molecule has 0 saturated heterocycles. The lowest BCUT2D eigenvalue weighted by molar-refractivity contribution is -0.199. The van der Waals surface area contributed by atoms with Crippen LogP contribution in [0.1, 0.15) is 36.0 Å². The zero-order valence-corrected chi connectivity index (χ0v) is 18.8. The third kappa shape index (κ3) is 5.47. The van der Waals surface area contributed by atoms with Gasteiger partial charge >= 0.3 is 12.1 Å². The Hall–Kier alpha value is -3.20. The average molecular weight is 473 g/mol. The summed E-state index contributed by atoms with van der Waals surface area (Å²) < 4.78 is 45.1. The zero-order chi connectivity index (χ0) is 24.3. The third-order valence-corrected chi connectivity index (χ3v) is 6.32. The number of aromatic nitrogens is 2. The van der Waals surface area contributed by atoms with Crippen LogP contribution in [0.4, 0.5) is 13.2 Å². The summed E-state index contributed by atoms with van der Waals surface area (Å²) in [6.45, 7) is 3.03. The van der Waals surface area contributed by atoms with E-state index in [0.717, 1.165) is 37.2 Å². The summed E-state index contributed by atoms with van der Waals surface area (Å²) in [6.07, 6.45) is 3.04. The summed E-state index contributed by atoms with van der Waals surface area (Å²) in [5, 5.41) is 8.80. The van der Waals surface area contributed by atoms with E-state index >= 15 is 0 Å². The van der Waals surface area contributed by atoms with E-state index in [1.807, 2.05) is 18.2 Å². The van der Waals surface area contributed by atoms with Gasteiger partial charge in [0.1, 0.15) is 5.75 Å². The van der Waals surface area contributed by atoms with Crippen molar-refractivity contribution >= 4 is 11.5 Å². The topological polar surface area (TPSA) is 75.6 Å². The Balaban J connectivity index is 1.40. The Bertz CT molecular complexity index is 1130. The van der Waals surface area contributed by atoms with Crippen LogP contribution in [0.3, 0.4) is 0 Å². The molecule has 1 N–H and O–H groups in total. The number of carbonyl (C=O) groups is 1. The smallest absolute Gasteiger partial charge is 0.397 e. The van der Waals surface area contributed by atoms with Crippen LogP contribution >= 0.6 is 0 Å². The van der Waals surface area contributed by atoms with Gasteiger partial charge in [-0.3, -0.25) is 4.90 Å². The largest absolute Gasteiger partial charge is 0.482 e. The number of carboxylic acid groups (broad SMARTS) is 1. The first-order valence-corrected chi connectivity index (χ1v) is 11.1. The maximum Gasteiger partial charge on any atom is 0.397 e. The van der Waals surface area contributed by atoms with Crippen LogP contribution in [0.2, 0.25) is 0 Å². The van der Waals surface area contributed by atoms with Gasteiger partial charge in [0.15, 0.2) is 12.4 Å². The number of hydrogen-bond donors (Lipinski definition) is 1. The van der Waals surface area contributed by atoms with Crippen molar-refractivity contribution in [2.75, 3.05) is 19.7 Å². The molecule has 1 aromatic carbocycles. The van der Waals surface area contributed by atoms with Crippen molar-refractivity contribution in [3.8, 4) is 5.75 Å². The molecule has 0 bridgehead atoms. The summed E-state index contributed by atoms with van der Waals surface area (Å²) >= 11 is 0. The molecule has 0 radical (unpaired) electrons. The lowest BCUT2D eigenvalue weighted by Crippen LogP contribution is -2.33. The molecule has 1 aliphatic heterocycles. The number of fused-ring (bicyclic) bond motifs is 1. The molecule has 0 fully saturated rings. The van der Waals surface area contributed by atoms with Gasteiger partial charge in [0.25, 0.3) is 0 Å². The quantitative estimate of drug-likeness (QED) is 0.668. The molecule has 1 unspecified atom stereocenters. The zero-order valence-electron chi connectivity index (χ0n) is 18.8. The van der Waals surface area contributed by atoms with E-state index in [0.29, 0.717) is 23.7 Å². The number of rotatable bonds is 6. The van der Waals surface area contributed by atoms with E-state index < -0.39 is 17.6 Å². The number of aliphatic carboxylic acids is 1. The first-order chi connectivity index (χ1) is 16.1. The fraction of sp³-hybridized carbons (Fsp3) is 0.400. The van der Waals surface area contributed by atoms with Gasteiger partial charge in [-0.1, -0.05) is 24.3 Å². The van der Waals surface area contributed by atoms with Crippen molar-refractivity contribution in [3.05, 3.63) is 71.3 Å². The number of nitrogens with zero attached hydrogens (tertiary/aromatic N) is 3. The predicted molar refractivity (Wildman–Crippen MR) is 120 cm³/mol. The van der Waals surface area contributed by atoms with Gasteiger partial charge in [-0.2, -0.15) is 13.2 Å².